The molecule has 0 aromatic heterocycles. The lowest BCUT2D eigenvalue weighted by Crippen LogP contribution is -2.41. The number of ether oxygens (including phenoxy) is 1. The average molecular weight is 303 g/mol. The van der Waals surface area contributed by atoms with Crippen LogP contribution >= 0.6 is 0 Å². The van der Waals surface area contributed by atoms with E-state index in [-0.39, 0.29) is 11.2 Å². The van der Waals surface area contributed by atoms with Gasteiger partial charge in [0.05, 0.1) is 18.9 Å². The van der Waals surface area contributed by atoms with Gasteiger partial charge in [-0.1, -0.05) is 0 Å². The lowest BCUT2D eigenvalue weighted by molar-refractivity contribution is 0.156. The maximum Gasteiger partial charge on any atom is 0.193 e. The maximum atomic E-state index is 11.2. The van der Waals surface area contributed by atoms with E-state index in [1.807, 2.05) is 6.92 Å². The zero-order chi connectivity index (χ0) is 14.6. The largest absolute Gasteiger partial charge is 0.381 e. The van der Waals surface area contributed by atoms with Crippen molar-refractivity contribution >= 4 is 15.8 Å². The molecule has 1 N–H and O–H groups in total. The van der Waals surface area contributed by atoms with Crippen LogP contribution < -0.4 is 5.32 Å². The van der Waals surface area contributed by atoms with E-state index in [4.69, 9.17) is 4.74 Å². The monoisotopic (exact) mass is 303 g/mol. The quantitative estimate of drug-likeness (QED) is 0.589. The van der Waals surface area contributed by atoms with Gasteiger partial charge in [-0.3, -0.25) is 4.99 Å². The molecule has 2 aliphatic heterocycles. The van der Waals surface area contributed by atoms with Crippen LogP contribution in [0.2, 0.25) is 0 Å². The number of rotatable bonds is 4. The van der Waals surface area contributed by atoms with Crippen molar-refractivity contribution in [2.45, 2.75) is 19.8 Å². The van der Waals surface area contributed by atoms with Crippen LogP contribution in [0.3, 0.4) is 0 Å². The first-order valence-corrected chi connectivity index (χ1v) is 9.29. The molecular weight excluding hydrogens is 278 g/mol. The third-order valence-corrected chi connectivity index (χ3v) is 4.91. The molecule has 0 saturated carbocycles. The first kappa shape index (κ1) is 15.6. The van der Waals surface area contributed by atoms with Gasteiger partial charge < -0.3 is 15.0 Å². The standard InChI is InChI=1S/C13H25N3O3S/c1-3-14-12(15-6-9-20(2,17)18)16-7-4-13(10-16)5-8-19-11-13/h3-11H2,1-2H3,(H,14,15). The van der Waals surface area contributed by atoms with Gasteiger partial charge in [0.25, 0.3) is 0 Å². The van der Waals surface area contributed by atoms with Crippen molar-refractivity contribution in [3.63, 3.8) is 0 Å². The fourth-order valence-corrected chi connectivity index (χ4v) is 3.25. The molecule has 7 heteroatoms. The molecule has 6 nitrogen and oxygen atoms in total. The van der Waals surface area contributed by atoms with Crippen molar-refractivity contribution < 1.29 is 13.2 Å². The van der Waals surface area contributed by atoms with Crippen molar-refractivity contribution in [2.75, 3.05) is 51.4 Å². The number of hydrogen-bond donors (Lipinski definition) is 1. The molecule has 0 aromatic rings. The highest BCUT2D eigenvalue weighted by molar-refractivity contribution is 7.90. The van der Waals surface area contributed by atoms with Gasteiger partial charge in [0, 0.05) is 37.9 Å². The molecule has 2 fully saturated rings. The van der Waals surface area contributed by atoms with E-state index < -0.39 is 9.84 Å². The van der Waals surface area contributed by atoms with Crippen LogP contribution in [0.4, 0.5) is 0 Å². The van der Waals surface area contributed by atoms with Gasteiger partial charge in [-0.2, -0.15) is 0 Å². The summed E-state index contributed by atoms with van der Waals surface area (Å²) in [6, 6.07) is 0. The van der Waals surface area contributed by atoms with Gasteiger partial charge >= 0.3 is 0 Å². The minimum atomic E-state index is -2.95. The van der Waals surface area contributed by atoms with Gasteiger partial charge in [0.1, 0.15) is 9.84 Å². The van der Waals surface area contributed by atoms with Crippen LogP contribution in [0.15, 0.2) is 4.99 Å². The Morgan fingerprint density at radius 3 is 2.85 bits per heavy atom. The van der Waals surface area contributed by atoms with Crippen molar-refractivity contribution in [1.29, 1.82) is 0 Å². The highest BCUT2D eigenvalue weighted by Gasteiger charge is 2.42. The Kier molecular flexibility index (Phi) is 4.90. The topological polar surface area (TPSA) is 71.0 Å². The molecule has 0 amide bonds. The van der Waals surface area contributed by atoms with E-state index in [9.17, 15) is 8.42 Å². The van der Waals surface area contributed by atoms with Crippen molar-refractivity contribution in [3.05, 3.63) is 0 Å². The number of likely N-dealkylation sites (tertiary alicyclic amines) is 1. The lowest BCUT2D eigenvalue weighted by atomic mass is 9.87. The summed E-state index contributed by atoms with van der Waals surface area (Å²) in [6.45, 7) is 6.75. The summed E-state index contributed by atoms with van der Waals surface area (Å²) < 4.78 is 27.9. The van der Waals surface area contributed by atoms with Crippen molar-refractivity contribution in [3.8, 4) is 0 Å². The number of nitrogens with one attached hydrogen (secondary N) is 1. The first-order chi connectivity index (χ1) is 9.44. The van der Waals surface area contributed by atoms with Crippen LogP contribution in [0, 0.1) is 5.41 Å². The molecule has 0 radical (unpaired) electrons. The summed E-state index contributed by atoms with van der Waals surface area (Å²) >= 11 is 0. The lowest BCUT2D eigenvalue weighted by Gasteiger charge is -2.24. The highest BCUT2D eigenvalue weighted by atomic mass is 32.2. The van der Waals surface area contributed by atoms with Gasteiger partial charge in [0.15, 0.2) is 5.96 Å². The van der Waals surface area contributed by atoms with Crippen LogP contribution in [-0.4, -0.2) is 70.7 Å². The Labute approximate surface area is 121 Å². The normalized spacial score (nSPS) is 27.5. The van der Waals surface area contributed by atoms with Gasteiger partial charge in [-0.15, -0.1) is 0 Å². The molecule has 1 atom stereocenters. The van der Waals surface area contributed by atoms with E-state index in [0.717, 1.165) is 51.6 Å². The number of nitrogens with zero attached hydrogens (tertiary/aromatic N) is 2. The Hall–Kier alpha value is -0.820. The zero-order valence-electron chi connectivity index (χ0n) is 12.4. The third kappa shape index (κ3) is 4.09. The summed E-state index contributed by atoms with van der Waals surface area (Å²) in [6.07, 6.45) is 3.49. The second-order valence-electron chi connectivity index (χ2n) is 5.84. The molecule has 2 rings (SSSR count). The molecule has 20 heavy (non-hydrogen) atoms. The second-order valence-corrected chi connectivity index (χ2v) is 8.10. The molecule has 116 valence electrons. The van der Waals surface area contributed by atoms with Gasteiger partial charge in [0.2, 0.25) is 0 Å². The Morgan fingerprint density at radius 1 is 1.45 bits per heavy atom. The Morgan fingerprint density at radius 2 is 2.25 bits per heavy atom. The molecule has 1 unspecified atom stereocenters. The van der Waals surface area contributed by atoms with E-state index in [1.165, 1.54) is 6.26 Å². The number of sulfone groups is 1. The predicted molar refractivity (Wildman–Crippen MR) is 79.7 cm³/mol. The fraction of sp³-hybridized carbons (Fsp3) is 0.923. The Bertz CT molecular complexity index is 455. The summed E-state index contributed by atoms with van der Waals surface area (Å²) in [5.74, 6) is 0.934. The van der Waals surface area contributed by atoms with Crippen LogP contribution in [0.25, 0.3) is 0 Å². The summed E-state index contributed by atoms with van der Waals surface area (Å²) in [5, 5.41) is 3.26. The molecule has 1 spiro atoms. The van der Waals surface area contributed by atoms with Crippen molar-refractivity contribution in [1.82, 2.24) is 10.2 Å². The van der Waals surface area contributed by atoms with Gasteiger partial charge in [-0.05, 0) is 19.8 Å². The van der Waals surface area contributed by atoms with E-state index >= 15 is 0 Å². The van der Waals surface area contributed by atoms with Crippen LogP contribution in [0.5, 0.6) is 0 Å². The molecule has 0 aliphatic carbocycles. The van der Waals surface area contributed by atoms with Crippen LogP contribution in [-0.2, 0) is 14.6 Å². The average Bonchev–Trinajstić information content (AvgIpc) is 2.98. The zero-order valence-corrected chi connectivity index (χ0v) is 13.2. The molecular formula is C13H25N3O3S. The second kappa shape index (κ2) is 6.30. The number of aliphatic imine (C=N–C) groups is 1. The minimum Gasteiger partial charge on any atom is -0.381 e. The molecule has 0 aromatic carbocycles. The predicted octanol–water partition coefficient (Wildman–Crippen LogP) is 0.109. The first-order valence-electron chi connectivity index (χ1n) is 7.23. The third-order valence-electron chi connectivity index (χ3n) is 3.98. The molecule has 2 aliphatic rings. The smallest absolute Gasteiger partial charge is 0.193 e. The molecule has 2 saturated heterocycles. The summed E-state index contributed by atoms with van der Waals surface area (Å²) in [4.78, 5) is 6.68. The summed E-state index contributed by atoms with van der Waals surface area (Å²) in [7, 11) is -2.95. The minimum absolute atomic E-state index is 0.101. The maximum absolute atomic E-state index is 11.2. The Balaban J connectivity index is 1.96. The van der Waals surface area contributed by atoms with Gasteiger partial charge in [-0.25, -0.2) is 8.42 Å². The number of hydrogen-bond acceptors (Lipinski definition) is 4. The summed E-state index contributed by atoms with van der Waals surface area (Å²) in [5.41, 5.74) is 0.285. The van der Waals surface area contributed by atoms with Crippen LogP contribution in [0.1, 0.15) is 19.8 Å². The van der Waals surface area contributed by atoms with E-state index in [0.29, 0.717) is 6.54 Å². The van der Waals surface area contributed by atoms with E-state index in [1.54, 1.807) is 0 Å². The molecule has 2 heterocycles. The van der Waals surface area contributed by atoms with E-state index in [2.05, 4.69) is 15.2 Å². The fourth-order valence-electron chi connectivity index (χ4n) is 2.83. The highest BCUT2D eigenvalue weighted by Crippen LogP contribution is 2.38. The molecule has 0 bridgehead atoms. The van der Waals surface area contributed by atoms with Crippen molar-refractivity contribution in [2.24, 2.45) is 10.4 Å². The number of guanidine groups is 1. The SMILES string of the molecule is CCNC(=NCCS(C)(=O)=O)N1CCC2(CCOC2)C1.